The molecule has 174 valence electrons. The highest BCUT2D eigenvalue weighted by molar-refractivity contribution is 8.15. The number of ether oxygens (including phenoxy) is 1. The zero-order valence-electron chi connectivity index (χ0n) is 22.0. The monoisotopic (exact) mass is 478 g/mol. The fourth-order valence-corrected chi connectivity index (χ4v) is 3.21. The third-order valence-electron chi connectivity index (χ3n) is 3.82. The highest BCUT2D eigenvalue weighted by Crippen LogP contribution is 2.23. The van der Waals surface area contributed by atoms with E-state index in [4.69, 9.17) is 21.8 Å². The standard InChI is InChI=1S/C18H19N3O3S.C4H4O4/c1-21(16-4-2-3-9-19-16)10-11-24-14-7-5-13(6-8-14)12-15-17(22)20-18(23)25-15;5-3(6)1-2-4(7)8/h2-9,15H,10-12H2,1H3,(H,20,22,23);1-2H,(H,5,6)(H,7,8)/b;2-1-/i1D3,11D2;. The second-order valence-electron chi connectivity index (χ2n) is 6.26. The average Bonchev–Trinajstić information content (AvgIpc) is 3.14. The summed E-state index contributed by atoms with van der Waals surface area (Å²) < 4.78 is 44.7. The molecule has 2 aromatic rings. The number of thioether (sulfide) groups is 1. The number of rotatable bonds is 9. The van der Waals surface area contributed by atoms with Gasteiger partial charge in [0.2, 0.25) is 5.91 Å². The van der Waals surface area contributed by atoms with Gasteiger partial charge in [0.1, 0.15) is 18.1 Å². The quantitative estimate of drug-likeness (QED) is 0.458. The first kappa shape index (κ1) is 18.7. The summed E-state index contributed by atoms with van der Waals surface area (Å²) in [5, 5.41) is 17.0. The van der Waals surface area contributed by atoms with Gasteiger partial charge in [-0.3, -0.25) is 14.9 Å². The van der Waals surface area contributed by atoms with E-state index < -0.39 is 37.3 Å². The SMILES string of the molecule is O=C(O)/C=C\C(=O)O.[2H]C([2H])(CN(c1ccccn1)C([2H])([2H])[2H])Oc1ccc(CC2SC(=O)NC2=O)cc1. The number of hydrogen-bond donors (Lipinski definition) is 3. The van der Waals surface area contributed by atoms with Gasteiger partial charge in [-0.1, -0.05) is 30.0 Å². The molecular weight excluding hydrogens is 450 g/mol. The second-order valence-corrected chi connectivity index (χ2v) is 7.44. The van der Waals surface area contributed by atoms with Gasteiger partial charge in [0.25, 0.3) is 5.24 Å². The minimum atomic E-state index is -2.61. The number of hydrogen-bond acceptors (Lipinski definition) is 8. The number of aromatic nitrogens is 1. The molecule has 1 unspecified atom stereocenters. The number of carbonyl (C=O) groups excluding carboxylic acids is 2. The molecule has 0 radical (unpaired) electrons. The summed E-state index contributed by atoms with van der Waals surface area (Å²) in [7, 11) is 0. The average molecular weight is 479 g/mol. The number of anilines is 1. The molecule has 1 fully saturated rings. The van der Waals surface area contributed by atoms with E-state index in [0.29, 0.717) is 18.6 Å². The Morgan fingerprint density at radius 2 is 1.91 bits per heavy atom. The lowest BCUT2D eigenvalue weighted by atomic mass is 10.1. The summed E-state index contributed by atoms with van der Waals surface area (Å²) in [6.07, 6.45) is 2.90. The molecule has 1 saturated heterocycles. The van der Waals surface area contributed by atoms with E-state index in [1.807, 2.05) is 0 Å². The summed E-state index contributed by atoms with van der Waals surface area (Å²) in [6.45, 7) is -5.49. The van der Waals surface area contributed by atoms with Crippen molar-refractivity contribution in [3.63, 3.8) is 0 Å². The largest absolute Gasteiger partial charge is 0.492 e. The lowest BCUT2D eigenvalue weighted by Gasteiger charge is -2.18. The van der Waals surface area contributed by atoms with Gasteiger partial charge in [-0.05, 0) is 36.2 Å². The van der Waals surface area contributed by atoms with Crippen molar-refractivity contribution < 1.29 is 41.0 Å². The molecular formula is C22H23N3O7S. The Balaban J connectivity index is 0.000000550. The van der Waals surface area contributed by atoms with Gasteiger partial charge < -0.3 is 19.8 Å². The Morgan fingerprint density at radius 3 is 2.42 bits per heavy atom. The zero-order chi connectivity index (χ0) is 28.5. The molecule has 0 bridgehead atoms. The summed E-state index contributed by atoms with van der Waals surface area (Å²) in [5.41, 5.74) is 0.780. The molecule has 1 aliphatic heterocycles. The Labute approximate surface area is 201 Å². The molecule has 2 amide bonds. The van der Waals surface area contributed by atoms with Gasteiger partial charge in [-0.25, -0.2) is 14.6 Å². The number of nitrogens with zero attached hydrogens (tertiary/aromatic N) is 2. The molecule has 1 aliphatic rings. The number of imide groups is 1. The molecule has 10 nitrogen and oxygen atoms in total. The molecule has 3 N–H and O–H groups in total. The Morgan fingerprint density at radius 1 is 1.21 bits per heavy atom. The van der Waals surface area contributed by atoms with Gasteiger partial charge in [-0.2, -0.15) is 0 Å². The maximum absolute atomic E-state index is 11.7. The predicted molar refractivity (Wildman–Crippen MR) is 122 cm³/mol. The number of benzene rings is 1. The highest BCUT2D eigenvalue weighted by atomic mass is 32.2. The molecule has 1 atom stereocenters. The first-order chi connectivity index (χ1) is 17.7. The normalized spacial score (nSPS) is 17.9. The molecule has 0 saturated carbocycles. The predicted octanol–water partition coefficient (Wildman–Crippen LogP) is 2.20. The van der Waals surface area contributed by atoms with E-state index in [-0.39, 0.29) is 22.7 Å². The van der Waals surface area contributed by atoms with Crippen LogP contribution in [0.4, 0.5) is 10.6 Å². The number of aliphatic carboxylic acids is 2. The van der Waals surface area contributed by atoms with Crippen molar-refractivity contribution >= 4 is 40.7 Å². The number of carboxylic acid groups (broad SMARTS) is 2. The second kappa shape index (κ2) is 12.9. The Kier molecular flexibility index (Phi) is 7.28. The van der Waals surface area contributed by atoms with Crippen LogP contribution in [0.1, 0.15) is 12.4 Å². The van der Waals surface area contributed by atoms with E-state index in [2.05, 4.69) is 10.3 Å². The minimum Gasteiger partial charge on any atom is -0.492 e. The summed E-state index contributed by atoms with van der Waals surface area (Å²) in [4.78, 5) is 46.9. The first-order valence-corrected chi connectivity index (χ1v) is 10.2. The molecule has 0 aliphatic carbocycles. The van der Waals surface area contributed by atoms with Gasteiger partial charge in [0, 0.05) is 29.4 Å². The van der Waals surface area contributed by atoms with Crippen molar-refractivity contribution in [3.8, 4) is 5.75 Å². The van der Waals surface area contributed by atoms with Crippen LogP contribution in [0.25, 0.3) is 0 Å². The molecule has 0 spiro atoms. The molecule has 1 aromatic heterocycles. The van der Waals surface area contributed by atoms with E-state index in [0.717, 1.165) is 22.2 Å². The van der Waals surface area contributed by atoms with E-state index in [1.54, 1.807) is 24.3 Å². The number of carboxylic acids is 2. The molecule has 11 heteroatoms. The van der Waals surface area contributed by atoms with E-state index >= 15 is 0 Å². The molecule has 1 aromatic carbocycles. The van der Waals surface area contributed by atoms with E-state index in [1.165, 1.54) is 24.4 Å². The minimum absolute atomic E-state index is 0.113. The number of pyridine rings is 1. The lowest BCUT2D eigenvalue weighted by Crippen LogP contribution is -2.25. The van der Waals surface area contributed by atoms with Crippen LogP contribution in [0.2, 0.25) is 0 Å². The molecule has 3 rings (SSSR count). The maximum Gasteiger partial charge on any atom is 0.328 e. The van der Waals surface area contributed by atoms with Crippen LogP contribution in [-0.2, 0) is 20.8 Å². The summed E-state index contributed by atoms with van der Waals surface area (Å²) in [5.74, 6) is -2.53. The number of carbonyl (C=O) groups is 4. The third kappa shape index (κ3) is 9.44. The van der Waals surface area contributed by atoms with E-state index in [9.17, 15) is 19.2 Å². The van der Waals surface area contributed by atoms with Gasteiger partial charge in [0.15, 0.2) is 0 Å². The first-order valence-electron chi connectivity index (χ1n) is 11.8. The molecule has 33 heavy (non-hydrogen) atoms. The smallest absolute Gasteiger partial charge is 0.328 e. The summed E-state index contributed by atoms with van der Waals surface area (Å²) >= 11 is 0.934. The number of amides is 2. The van der Waals surface area contributed by atoms with Crippen LogP contribution in [0, 0.1) is 0 Å². The fourth-order valence-electron chi connectivity index (χ4n) is 2.35. The van der Waals surface area contributed by atoms with Crippen LogP contribution in [0.3, 0.4) is 0 Å². The van der Waals surface area contributed by atoms with Gasteiger partial charge in [0.05, 0.1) is 14.5 Å². The number of likely N-dealkylation sites (N-methyl/N-ethyl adjacent to an activating group) is 1. The third-order valence-corrected chi connectivity index (χ3v) is 4.80. The maximum atomic E-state index is 11.7. The topological polar surface area (TPSA) is 146 Å². The zero-order valence-corrected chi connectivity index (χ0v) is 17.8. The Bertz CT molecular complexity index is 1160. The lowest BCUT2D eigenvalue weighted by molar-refractivity contribution is -0.134. The molecule has 2 heterocycles. The van der Waals surface area contributed by atoms with Crippen molar-refractivity contribution in [3.05, 3.63) is 66.4 Å². The fraction of sp³-hybridized carbons (Fsp3) is 0.227. The van der Waals surface area contributed by atoms with Crippen LogP contribution < -0.4 is 15.0 Å². The van der Waals surface area contributed by atoms with Crippen molar-refractivity contribution in [1.82, 2.24) is 10.3 Å². The van der Waals surface area contributed by atoms with Crippen molar-refractivity contribution in [2.45, 2.75) is 11.7 Å². The summed E-state index contributed by atoms with van der Waals surface area (Å²) in [6, 6.07) is 11.1. The highest BCUT2D eigenvalue weighted by Gasteiger charge is 2.31. The van der Waals surface area contributed by atoms with Gasteiger partial charge in [-0.15, -0.1) is 0 Å². The Hall–Kier alpha value is -3.86. The van der Waals surface area contributed by atoms with Crippen LogP contribution in [0.15, 0.2) is 60.8 Å². The van der Waals surface area contributed by atoms with Crippen LogP contribution in [-0.4, -0.2) is 63.6 Å². The van der Waals surface area contributed by atoms with Crippen molar-refractivity contribution in [2.24, 2.45) is 0 Å². The van der Waals surface area contributed by atoms with Crippen molar-refractivity contribution in [2.75, 3.05) is 25.0 Å². The van der Waals surface area contributed by atoms with Crippen LogP contribution >= 0.6 is 11.8 Å². The van der Waals surface area contributed by atoms with Gasteiger partial charge >= 0.3 is 11.9 Å². The van der Waals surface area contributed by atoms with Crippen LogP contribution in [0.5, 0.6) is 5.75 Å². The van der Waals surface area contributed by atoms with Crippen molar-refractivity contribution in [1.29, 1.82) is 0 Å². The number of nitrogens with one attached hydrogen (secondary N) is 1.